The number of carbonyl (C=O) groups excluding carboxylic acids is 1. The lowest BCUT2D eigenvalue weighted by atomic mass is 10.2. The molecule has 1 aromatic carbocycles. The van der Waals surface area contributed by atoms with E-state index in [0.29, 0.717) is 43.4 Å². The van der Waals surface area contributed by atoms with Crippen molar-refractivity contribution in [2.24, 2.45) is 0 Å². The fourth-order valence-electron chi connectivity index (χ4n) is 2.09. The van der Waals surface area contributed by atoms with Gasteiger partial charge in [0.05, 0.1) is 13.7 Å². The van der Waals surface area contributed by atoms with Crippen LogP contribution in [0.4, 0.5) is 0 Å². The van der Waals surface area contributed by atoms with Crippen LogP contribution in [-0.4, -0.2) is 44.9 Å². The molecular weight excluding hydrogens is 308 g/mol. The Morgan fingerprint density at radius 1 is 1.12 bits per heavy atom. The summed E-state index contributed by atoms with van der Waals surface area (Å²) in [6.45, 7) is 1.45. The number of hydrogen-bond donors (Lipinski definition) is 1. The van der Waals surface area contributed by atoms with Crippen LogP contribution in [0.1, 0.15) is 16.1 Å². The molecule has 2 aromatic rings. The minimum atomic E-state index is -0.143. The van der Waals surface area contributed by atoms with Crippen LogP contribution in [0.25, 0.3) is 0 Å². The summed E-state index contributed by atoms with van der Waals surface area (Å²) >= 11 is 0. The fraction of sp³-hybridized carbons (Fsp3) is 0.333. The van der Waals surface area contributed by atoms with E-state index in [1.54, 1.807) is 38.5 Å². The Hall–Kier alpha value is -2.60. The van der Waals surface area contributed by atoms with E-state index < -0.39 is 0 Å². The Morgan fingerprint density at radius 3 is 2.75 bits per heavy atom. The first-order valence-corrected chi connectivity index (χ1v) is 7.73. The first-order valence-electron chi connectivity index (χ1n) is 7.73. The van der Waals surface area contributed by atoms with Gasteiger partial charge >= 0.3 is 0 Å². The van der Waals surface area contributed by atoms with E-state index in [-0.39, 0.29) is 5.91 Å². The van der Waals surface area contributed by atoms with Gasteiger partial charge in [-0.25, -0.2) is 4.98 Å². The summed E-state index contributed by atoms with van der Waals surface area (Å²) in [7, 11) is 3.19. The maximum Gasteiger partial charge on any atom is 0.251 e. The van der Waals surface area contributed by atoms with E-state index in [0.717, 1.165) is 5.69 Å². The first kappa shape index (κ1) is 17.7. The molecule has 0 aliphatic carbocycles. The highest BCUT2D eigenvalue weighted by atomic mass is 16.5. The first-order chi connectivity index (χ1) is 11.7. The lowest BCUT2D eigenvalue weighted by Gasteiger charge is -2.09. The Bertz CT molecular complexity index is 661. The molecule has 0 fully saturated rings. The number of hydrogen-bond acceptors (Lipinski definition) is 5. The molecule has 1 aromatic heterocycles. The summed E-state index contributed by atoms with van der Waals surface area (Å²) in [5, 5.41) is 2.88. The molecule has 0 saturated heterocycles. The van der Waals surface area contributed by atoms with Gasteiger partial charge in [0.25, 0.3) is 5.91 Å². The molecule has 1 amide bonds. The predicted molar refractivity (Wildman–Crippen MR) is 90.6 cm³/mol. The van der Waals surface area contributed by atoms with Crippen molar-refractivity contribution in [3.8, 4) is 11.6 Å². The molecule has 0 unspecified atom stereocenters. The number of ether oxygens (including phenoxy) is 3. The van der Waals surface area contributed by atoms with Crippen LogP contribution in [-0.2, 0) is 11.2 Å². The van der Waals surface area contributed by atoms with Crippen LogP contribution >= 0.6 is 0 Å². The van der Waals surface area contributed by atoms with Gasteiger partial charge in [-0.05, 0) is 24.3 Å². The number of nitrogens with zero attached hydrogens (tertiary/aromatic N) is 1. The van der Waals surface area contributed by atoms with Crippen LogP contribution in [0.3, 0.4) is 0 Å². The van der Waals surface area contributed by atoms with Crippen molar-refractivity contribution in [1.82, 2.24) is 10.3 Å². The molecule has 2 rings (SSSR count). The van der Waals surface area contributed by atoms with Crippen LogP contribution in [0.15, 0.2) is 42.5 Å². The second-order valence-electron chi connectivity index (χ2n) is 5.05. The summed E-state index contributed by atoms with van der Waals surface area (Å²) < 4.78 is 15.5. The normalized spacial score (nSPS) is 10.2. The highest BCUT2D eigenvalue weighted by Gasteiger charge is 2.07. The van der Waals surface area contributed by atoms with E-state index in [9.17, 15) is 4.79 Å². The van der Waals surface area contributed by atoms with Gasteiger partial charge in [0.2, 0.25) is 5.88 Å². The van der Waals surface area contributed by atoms with Crippen molar-refractivity contribution in [3.63, 3.8) is 0 Å². The average Bonchev–Trinajstić information content (AvgIpc) is 2.62. The molecular formula is C18H22N2O4. The number of aromatic nitrogens is 1. The molecule has 0 spiro atoms. The Balaban J connectivity index is 1.84. The number of carbonyl (C=O) groups is 1. The third-order valence-electron chi connectivity index (χ3n) is 3.31. The lowest BCUT2D eigenvalue weighted by Crippen LogP contribution is -2.25. The molecule has 0 radical (unpaired) electrons. The van der Waals surface area contributed by atoms with Crippen molar-refractivity contribution in [1.29, 1.82) is 0 Å². The summed E-state index contributed by atoms with van der Waals surface area (Å²) in [4.78, 5) is 16.5. The maximum absolute atomic E-state index is 12.2. The van der Waals surface area contributed by atoms with Crippen molar-refractivity contribution >= 4 is 5.91 Å². The Morgan fingerprint density at radius 2 is 1.96 bits per heavy atom. The zero-order valence-electron chi connectivity index (χ0n) is 14.0. The molecule has 6 heteroatoms. The highest BCUT2D eigenvalue weighted by Crippen LogP contribution is 2.13. The van der Waals surface area contributed by atoms with Crippen molar-refractivity contribution in [3.05, 3.63) is 53.7 Å². The third-order valence-corrected chi connectivity index (χ3v) is 3.31. The van der Waals surface area contributed by atoms with E-state index in [4.69, 9.17) is 14.2 Å². The lowest BCUT2D eigenvalue weighted by molar-refractivity contribution is 0.0953. The third kappa shape index (κ3) is 5.55. The Kier molecular flexibility index (Phi) is 7.04. The quantitative estimate of drug-likeness (QED) is 0.713. The topological polar surface area (TPSA) is 69.7 Å². The van der Waals surface area contributed by atoms with Gasteiger partial charge in [0.1, 0.15) is 12.4 Å². The smallest absolute Gasteiger partial charge is 0.251 e. The number of nitrogens with one attached hydrogen (secondary N) is 1. The van der Waals surface area contributed by atoms with Crippen LogP contribution in [0.5, 0.6) is 11.6 Å². The molecule has 0 saturated carbocycles. The Labute approximate surface area is 141 Å². The van der Waals surface area contributed by atoms with Crippen molar-refractivity contribution < 1.29 is 19.0 Å². The molecule has 24 heavy (non-hydrogen) atoms. The van der Waals surface area contributed by atoms with Crippen LogP contribution in [0, 0.1) is 0 Å². The molecule has 0 aliphatic rings. The van der Waals surface area contributed by atoms with Crippen LogP contribution < -0.4 is 14.8 Å². The van der Waals surface area contributed by atoms with Gasteiger partial charge in [-0.3, -0.25) is 4.79 Å². The second-order valence-corrected chi connectivity index (χ2v) is 5.05. The molecule has 1 heterocycles. The average molecular weight is 330 g/mol. The number of benzene rings is 1. The van der Waals surface area contributed by atoms with Crippen molar-refractivity contribution in [2.45, 2.75) is 6.42 Å². The summed E-state index contributed by atoms with van der Waals surface area (Å²) in [5.74, 6) is 1.07. The molecule has 6 nitrogen and oxygen atoms in total. The van der Waals surface area contributed by atoms with E-state index in [2.05, 4.69) is 10.3 Å². The number of amides is 1. The van der Waals surface area contributed by atoms with Gasteiger partial charge in [-0.15, -0.1) is 0 Å². The van der Waals surface area contributed by atoms with Gasteiger partial charge in [-0.2, -0.15) is 0 Å². The maximum atomic E-state index is 12.2. The number of rotatable bonds is 9. The van der Waals surface area contributed by atoms with Crippen molar-refractivity contribution in [2.75, 3.05) is 34.0 Å². The standard InChI is InChI=1S/C18H22N2O4/c1-22-11-12-24-16-7-3-5-14(13-16)18(21)19-10-9-15-6-4-8-17(20-15)23-2/h3-8,13H,9-12H2,1-2H3,(H,19,21). The van der Waals surface area contributed by atoms with E-state index in [1.165, 1.54) is 0 Å². The zero-order chi connectivity index (χ0) is 17.2. The molecule has 128 valence electrons. The van der Waals surface area contributed by atoms with E-state index in [1.807, 2.05) is 18.2 Å². The number of pyridine rings is 1. The highest BCUT2D eigenvalue weighted by molar-refractivity contribution is 5.94. The summed E-state index contributed by atoms with van der Waals surface area (Å²) in [6.07, 6.45) is 0.632. The van der Waals surface area contributed by atoms with Gasteiger partial charge < -0.3 is 19.5 Å². The zero-order valence-corrected chi connectivity index (χ0v) is 14.0. The number of methoxy groups -OCH3 is 2. The van der Waals surface area contributed by atoms with Gasteiger partial charge in [0, 0.05) is 37.4 Å². The largest absolute Gasteiger partial charge is 0.491 e. The molecule has 0 atom stereocenters. The SMILES string of the molecule is COCCOc1cccc(C(=O)NCCc2cccc(OC)n2)c1. The van der Waals surface area contributed by atoms with E-state index >= 15 is 0 Å². The monoisotopic (exact) mass is 330 g/mol. The van der Waals surface area contributed by atoms with Gasteiger partial charge in [-0.1, -0.05) is 12.1 Å². The minimum Gasteiger partial charge on any atom is -0.491 e. The predicted octanol–water partition coefficient (Wildman–Crippen LogP) is 2.09. The van der Waals surface area contributed by atoms with Gasteiger partial charge in [0.15, 0.2) is 0 Å². The molecule has 1 N–H and O–H groups in total. The fourth-order valence-corrected chi connectivity index (χ4v) is 2.09. The summed E-state index contributed by atoms with van der Waals surface area (Å²) in [6, 6.07) is 12.6. The van der Waals surface area contributed by atoms with Crippen LogP contribution in [0.2, 0.25) is 0 Å². The molecule has 0 aliphatic heterocycles. The molecule has 0 bridgehead atoms. The minimum absolute atomic E-state index is 0.143. The second kappa shape index (κ2) is 9.52. The summed E-state index contributed by atoms with van der Waals surface area (Å²) in [5.41, 5.74) is 1.43.